The quantitative estimate of drug-likeness (QED) is 0.293. The fourth-order valence-electron chi connectivity index (χ4n) is 4.01. The average molecular weight is 459 g/mol. The van der Waals surface area contributed by atoms with Gasteiger partial charge in [0.1, 0.15) is 12.4 Å². The maximum Gasteiger partial charge on any atom is 0.295 e. The van der Waals surface area contributed by atoms with Gasteiger partial charge in [-0.15, -0.1) is 0 Å². The lowest BCUT2D eigenvalue weighted by Crippen LogP contribution is -2.32. The highest BCUT2D eigenvalue weighted by atomic mass is 16.5. The number of hydrogen-bond donors (Lipinski definition) is 0. The van der Waals surface area contributed by atoms with Crippen LogP contribution in [0.4, 0.5) is 0 Å². The van der Waals surface area contributed by atoms with Gasteiger partial charge in [-0.25, -0.2) is 4.98 Å². The third-order valence-electron chi connectivity index (χ3n) is 5.90. The number of Topliss-reactive ketones (excluding diaryl/α,β-unsaturated/α-hetero) is 1. The molecule has 1 amide bonds. The number of amides is 1. The maximum absolute atomic E-state index is 13.4. The maximum atomic E-state index is 13.4. The van der Waals surface area contributed by atoms with Crippen molar-refractivity contribution >= 4 is 17.4 Å². The van der Waals surface area contributed by atoms with Gasteiger partial charge in [0.25, 0.3) is 5.91 Å². The zero-order valence-corrected chi connectivity index (χ0v) is 19.1. The first-order valence-electron chi connectivity index (χ1n) is 11.0. The van der Waals surface area contributed by atoms with Crippen molar-refractivity contribution in [3.05, 3.63) is 101 Å². The van der Waals surface area contributed by atoms with Gasteiger partial charge in [0.2, 0.25) is 5.78 Å². The lowest BCUT2D eigenvalue weighted by Gasteiger charge is -2.26. The SMILES string of the molecule is COCCN1C(=O)C(=O)/C(=C(/[O-])c2ccc(OCc3ccccc3C)cc2)C1c1cc[nH+]cc1. The molecule has 2 aromatic carbocycles. The molecule has 0 bridgehead atoms. The normalized spacial score (nSPS) is 17.2. The molecule has 2 heterocycles. The molecule has 7 heteroatoms. The molecule has 1 aliphatic rings. The molecule has 1 aliphatic heterocycles. The second-order valence-electron chi connectivity index (χ2n) is 8.04. The molecule has 174 valence electrons. The van der Waals surface area contributed by atoms with Crippen LogP contribution in [-0.2, 0) is 20.9 Å². The number of aryl methyl sites for hydroxylation is 1. The van der Waals surface area contributed by atoms with Gasteiger partial charge in [-0.1, -0.05) is 42.2 Å². The predicted octanol–water partition coefficient (Wildman–Crippen LogP) is 2.26. The van der Waals surface area contributed by atoms with Crippen molar-refractivity contribution in [1.82, 2.24) is 4.90 Å². The summed E-state index contributed by atoms with van der Waals surface area (Å²) in [7, 11) is 1.52. The van der Waals surface area contributed by atoms with Crippen molar-refractivity contribution in [2.75, 3.05) is 20.3 Å². The minimum atomic E-state index is -0.779. The van der Waals surface area contributed by atoms with E-state index in [1.807, 2.05) is 31.2 Å². The largest absolute Gasteiger partial charge is 0.872 e. The summed E-state index contributed by atoms with van der Waals surface area (Å²) < 4.78 is 11.0. The first kappa shape index (κ1) is 23.2. The summed E-state index contributed by atoms with van der Waals surface area (Å²) in [5.41, 5.74) is 3.15. The Kier molecular flexibility index (Phi) is 7.04. The zero-order chi connectivity index (χ0) is 24.1. The lowest BCUT2D eigenvalue weighted by molar-refractivity contribution is -0.378. The molecule has 1 N–H and O–H groups in total. The number of rotatable bonds is 8. The predicted molar refractivity (Wildman–Crippen MR) is 123 cm³/mol. The number of carbonyl (C=O) groups excluding carboxylic acids is 2. The number of methoxy groups -OCH3 is 1. The lowest BCUT2D eigenvalue weighted by atomic mass is 9.96. The van der Waals surface area contributed by atoms with Crippen LogP contribution >= 0.6 is 0 Å². The Labute approximate surface area is 198 Å². The third-order valence-corrected chi connectivity index (χ3v) is 5.90. The Balaban J connectivity index is 1.63. The van der Waals surface area contributed by atoms with Crippen LogP contribution in [0.15, 0.2) is 78.6 Å². The minimum absolute atomic E-state index is 0.0547. The van der Waals surface area contributed by atoms with Gasteiger partial charge in [-0.3, -0.25) is 9.59 Å². The number of H-pyrrole nitrogens is 1. The Morgan fingerprint density at radius 2 is 1.74 bits per heavy atom. The van der Waals surface area contributed by atoms with Crippen molar-refractivity contribution in [3.63, 3.8) is 0 Å². The minimum Gasteiger partial charge on any atom is -0.872 e. The van der Waals surface area contributed by atoms with E-state index in [1.54, 1.807) is 48.8 Å². The molecule has 1 unspecified atom stereocenters. The summed E-state index contributed by atoms with van der Waals surface area (Å²) in [6.07, 6.45) is 3.39. The number of ketones is 1. The van der Waals surface area contributed by atoms with Crippen molar-refractivity contribution in [3.8, 4) is 5.75 Å². The number of aromatic nitrogens is 1. The van der Waals surface area contributed by atoms with Crippen LogP contribution in [0, 0.1) is 6.92 Å². The summed E-state index contributed by atoms with van der Waals surface area (Å²) >= 11 is 0. The molecule has 34 heavy (non-hydrogen) atoms. The number of benzene rings is 2. The van der Waals surface area contributed by atoms with E-state index in [0.717, 1.165) is 11.1 Å². The highest BCUT2D eigenvalue weighted by molar-refractivity contribution is 6.46. The van der Waals surface area contributed by atoms with Crippen molar-refractivity contribution in [1.29, 1.82) is 0 Å². The molecule has 3 aromatic rings. The standard InChI is InChI=1S/C27H26N2O5/c1-18-5-3-4-6-21(18)17-34-22-9-7-20(8-10-22)25(30)23-24(19-11-13-28-14-12-19)29(15-16-33-2)27(32)26(23)31/h3-14,24,30H,15-17H2,1-2H3/b25-23+. The van der Waals surface area contributed by atoms with E-state index in [1.165, 1.54) is 12.0 Å². The first-order chi connectivity index (χ1) is 16.5. The van der Waals surface area contributed by atoms with E-state index in [-0.39, 0.29) is 18.7 Å². The third kappa shape index (κ3) is 4.70. The topological polar surface area (TPSA) is 93.0 Å². The van der Waals surface area contributed by atoms with E-state index in [2.05, 4.69) is 4.98 Å². The van der Waals surface area contributed by atoms with Crippen LogP contribution in [0.1, 0.15) is 28.3 Å². The van der Waals surface area contributed by atoms with Crippen molar-refractivity contribution in [2.24, 2.45) is 0 Å². The molecular weight excluding hydrogens is 432 g/mol. The van der Waals surface area contributed by atoms with Gasteiger partial charge < -0.3 is 19.5 Å². The zero-order valence-electron chi connectivity index (χ0n) is 19.1. The van der Waals surface area contributed by atoms with E-state index in [4.69, 9.17) is 9.47 Å². The number of hydrogen-bond acceptors (Lipinski definition) is 5. The summed E-state index contributed by atoms with van der Waals surface area (Å²) in [5, 5.41) is 13.4. The molecule has 0 aliphatic carbocycles. The van der Waals surface area contributed by atoms with Crippen molar-refractivity contribution < 1.29 is 29.2 Å². The Hall–Kier alpha value is -3.97. The molecule has 1 atom stereocenters. The van der Waals surface area contributed by atoms with Gasteiger partial charge >= 0.3 is 0 Å². The molecule has 7 nitrogen and oxygen atoms in total. The molecule has 1 aromatic heterocycles. The second kappa shape index (κ2) is 10.3. The van der Waals surface area contributed by atoms with Gasteiger partial charge in [-0.05, 0) is 41.3 Å². The van der Waals surface area contributed by atoms with Crippen molar-refractivity contribution in [2.45, 2.75) is 19.6 Å². The van der Waals surface area contributed by atoms with E-state index < -0.39 is 23.5 Å². The van der Waals surface area contributed by atoms with Crippen LogP contribution in [0.3, 0.4) is 0 Å². The van der Waals surface area contributed by atoms with Gasteiger partial charge in [-0.2, -0.15) is 0 Å². The summed E-state index contributed by atoms with van der Waals surface area (Å²) in [6.45, 7) is 2.89. The van der Waals surface area contributed by atoms with Crippen LogP contribution in [0.5, 0.6) is 5.75 Å². The fourth-order valence-corrected chi connectivity index (χ4v) is 4.01. The fraction of sp³-hybridized carbons (Fsp3) is 0.222. The molecular formula is C27H26N2O5. The summed E-state index contributed by atoms with van der Waals surface area (Å²) in [5.74, 6) is -1.34. The molecule has 0 spiro atoms. The number of pyridine rings is 1. The number of likely N-dealkylation sites (tertiary alicyclic amines) is 1. The van der Waals surface area contributed by atoms with Gasteiger partial charge in [0.05, 0.1) is 12.6 Å². The van der Waals surface area contributed by atoms with Crippen LogP contribution in [0.25, 0.3) is 5.76 Å². The molecule has 1 saturated heterocycles. The molecule has 0 saturated carbocycles. The van der Waals surface area contributed by atoms with E-state index >= 15 is 0 Å². The summed E-state index contributed by atoms with van der Waals surface area (Å²) in [4.78, 5) is 30.0. The first-order valence-corrected chi connectivity index (χ1v) is 11.0. The smallest absolute Gasteiger partial charge is 0.295 e. The molecule has 0 radical (unpaired) electrons. The number of carbonyl (C=O) groups is 2. The average Bonchev–Trinajstić information content (AvgIpc) is 3.12. The van der Waals surface area contributed by atoms with Crippen LogP contribution < -0.4 is 14.8 Å². The monoisotopic (exact) mass is 458 g/mol. The van der Waals surface area contributed by atoms with E-state index in [9.17, 15) is 14.7 Å². The number of nitrogens with zero attached hydrogens (tertiary/aromatic N) is 1. The Bertz CT molecular complexity index is 1210. The molecule has 1 fully saturated rings. The number of nitrogens with one attached hydrogen (secondary N) is 1. The highest BCUT2D eigenvalue weighted by Gasteiger charge is 2.44. The number of ether oxygens (including phenoxy) is 2. The summed E-state index contributed by atoms with van der Waals surface area (Å²) in [6, 6.07) is 17.3. The Morgan fingerprint density at radius 1 is 1.03 bits per heavy atom. The van der Waals surface area contributed by atoms with Gasteiger partial charge in [0.15, 0.2) is 12.4 Å². The second-order valence-corrected chi connectivity index (χ2v) is 8.04. The number of aromatic amines is 1. The molecule has 4 rings (SSSR count). The van der Waals surface area contributed by atoms with Gasteiger partial charge in [0, 0.05) is 31.4 Å². The van der Waals surface area contributed by atoms with Crippen LogP contribution in [0.2, 0.25) is 0 Å². The highest BCUT2D eigenvalue weighted by Crippen LogP contribution is 2.38. The Morgan fingerprint density at radius 3 is 2.41 bits per heavy atom. The van der Waals surface area contributed by atoms with E-state index in [0.29, 0.717) is 23.5 Å². The van der Waals surface area contributed by atoms with Crippen LogP contribution in [-0.4, -0.2) is 36.9 Å².